The highest BCUT2D eigenvalue weighted by Crippen LogP contribution is 2.45. The zero-order valence-corrected chi connectivity index (χ0v) is 15.9. The quantitative estimate of drug-likeness (QED) is 0.544. The number of aromatic nitrogens is 6. The van der Waals surface area contributed by atoms with E-state index in [4.69, 9.17) is 10.5 Å². The number of nitrogens with two attached hydrogens (primary N) is 1. The number of nitriles is 1. The van der Waals surface area contributed by atoms with Crippen molar-refractivity contribution in [3.63, 3.8) is 0 Å². The third-order valence-electron chi connectivity index (χ3n) is 5.11. The average molecular weight is 396 g/mol. The summed E-state index contributed by atoms with van der Waals surface area (Å²) in [5.41, 5.74) is 10.3. The van der Waals surface area contributed by atoms with E-state index in [0.29, 0.717) is 22.7 Å². The maximum atomic E-state index is 9.82. The molecule has 0 saturated heterocycles. The van der Waals surface area contributed by atoms with Gasteiger partial charge in [-0.1, -0.05) is 12.1 Å². The Morgan fingerprint density at radius 1 is 1.20 bits per heavy atom. The number of nitrogens with zero attached hydrogens (tertiary/aromatic N) is 6. The number of fused-ring (bicyclic) bond motifs is 1. The maximum absolute atomic E-state index is 9.82. The highest BCUT2D eigenvalue weighted by atomic mass is 16.5. The molecule has 0 radical (unpaired) electrons. The van der Waals surface area contributed by atoms with Gasteiger partial charge in [0.15, 0.2) is 0 Å². The van der Waals surface area contributed by atoms with Gasteiger partial charge in [0.25, 0.3) is 0 Å². The van der Waals surface area contributed by atoms with Crippen LogP contribution in [-0.4, -0.2) is 29.7 Å². The summed E-state index contributed by atoms with van der Waals surface area (Å²) in [6, 6.07) is 10.1. The topological polar surface area (TPSA) is 131 Å². The summed E-state index contributed by atoms with van der Waals surface area (Å²) in [5.74, 6) is 0.915. The van der Waals surface area contributed by atoms with E-state index in [-0.39, 0.29) is 5.88 Å². The van der Waals surface area contributed by atoms with Crippen LogP contribution in [0.4, 0.5) is 0 Å². The highest BCUT2D eigenvalue weighted by molar-refractivity contribution is 5.69. The lowest BCUT2D eigenvalue weighted by Gasteiger charge is -2.24. The van der Waals surface area contributed by atoms with Crippen molar-refractivity contribution in [1.29, 1.82) is 5.26 Å². The lowest BCUT2D eigenvalue weighted by atomic mass is 9.83. The van der Waals surface area contributed by atoms with Gasteiger partial charge < -0.3 is 15.0 Å². The second-order valence-corrected chi connectivity index (χ2v) is 6.80. The molecule has 3 N–H and O–H groups in total. The summed E-state index contributed by atoms with van der Waals surface area (Å²) in [5, 5.41) is 17.1. The Hall–Kier alpha value is -4.45. The Bertz CT molecular complexity index is 1300. The van der Waals surface area contributed by atoms with E-state index in [1.165, 1.54) is 6.33 Å². The number of hydrogen-bond donors (Lipinski definition) is 2. The first-order chi connectivity index (χ1) is 14.7. The van der Waals surface area contributed by atoms with Crippen molar-refractivity contribution < 1.29 is 4.74 Å². The molecular weight excluding hydrogens is 380 g/mol. The molecule has 3 aromatic heterocycles. The number of rotatable bonds is 3. The standard InChI is InChI=1S/C21H16N8O/c1-12-26-6-7-29(12)15-4-2-13(3-5-15)17-16(8-22)20(23)30-21-18(17)19(27-28-21)14-9-24-11-25-10-14/h2-7,9-11,17H,23H2,1H3,(H,27,28). The first kappa shape index (κ1) is 17.6. The number of ether oxygens (including phenoxy) is 1. The lowest BCUT2D eigenvalue weighted by molar-refractivity contribution is 0.379. The summed E-state index contributed by atoms with van der Waals surface area (Å²) in [7, 11) is 0. The molecule has 4 heterocycles. The number of aryl methyl sites for hydroxylation is 1. The fourth-order valence-corrected chi connectivity index (χ4v) is 3.70. The number of aromatic amines is 1. The number of allylic oxidation sites excluding steroid dienone is 1. The van der Waals surface area contributed by atoms with Crippen LogP contribution in [0, 0.1) is 18.3 Å². The zero-order valence-electron chi connectivity index (χ0n) is 15.9. The number of hydrogen-bond acceptors (Lipinski definition) is 7. The molecule has 1 aliphatic heterocycles. The Balaban J connectivity index is 1.65. The third kappa shape index (κ3) is 2.70. The minimum atomic E-state index is -0.439. The van der Waals surface area contributed by atoms with E-state index in [2.05, 4.69) is 31.2 Å². The number of imidazole rings is 1. The molecule has 0 aliphatic carbocycles. The van der Waals surface area contributed by atoms with Crippen LogP contribution in [-0.2, 0) is 0 Å². The summed E-state index contributed by atoms with van der Waals surface area (Å²) < 4.78 is 7.64. The van der Waals surface area contributed by atoms with Crippen LogP contribution in [0.1, 0.15) is 22.9 Å². The van der Waals surface area contributed by atoms with Crippen LogP contribution in [0.2, 0.25) is 0 Å². The predicted octanol–water partition coefficient (Wildman–Crippen LogP) is 2.58. The molecule has 1 aliphatic rings. The van der Waals surface area contributed by atoms with E-state index in [9.17, 15) is 5.26 Å². The minimum Gasteiger partial charge on any atom is -0.422 e. The zero-order chi connectivity index (χ0) is 20.7. The fourth-order valence-electron chi connectivity index (χ4n) is 3.70. The van der Waals surface area contributed by atoms with Gasteiger partial charge in [-0.3, -0.25) is 0 Å². The van der Waals surface area contributed by atoms with Gasteiger partial charge in [-0.15, -0.1) is 0 Å². The van der Waals surface area contributed by atoms with E-state index in [1.807, 2.05) is 42.0 Å². The van der Waals surface area contributed by atoms with Crippen molar-refractivity contribution in [3.05, 3.63) is 83.8 Å². The number of H-pyrrole nitrogens is 1. The normalized spacial score (nSPS) is 15.4. The van der Waals surface area contributed by atoms with Gasteiger partial charge in [-0.05, 0) is 24.6 Å². The number of nitrogens with one attached hydrogen (secondary N) is 1. The summed E-state index contributed by atoms with van der Waals surface area (Å²) in [6.45, 7) is 1.94. The van der Waals surface area contributed by atoms with Crippen LogP contribution in [0.5, 0.6) is 5.88 Å². The SMILES string of the molecule is Cc1nccn1-c1ccc(C2C(C#N)=C(N)Oc3[nH]nc(-c4cncnc4)c32)cc1. The van der Waals surface area contributed by atoms with Crippen molar-refractivity contribution >= 4 is 0 Å². The monoisotopic (exact) mass is 396 g/mol. The largest absolute Gasteiger partial charge is 0.422 e. The van der Waals surface area contributed by atoms with E-state index >= 15 is 0 Å². The molecule has 146 valence electrons. The van der Waals surface area contributed by atoms with Gasteiger partial charge in [-0.25, -0.2) is 20.1 Å². The van der Waals surface area contributed by atoms with Gasteiger partial charge in [0.05, 0.1) is 11.5 Å². The van der Waals surface area contributed by atoms with Crippen molar-refractivity contribution in [2.24, 2.45) is 5.73 Å². The van der Waals surface area contributed by atoms with Gasteiger partial charge >= 0.3 is 0 Å². The third-order valence-corrected chi connectivity index (χ3v) is 5.11. The smallest absolute Gasteiger partial charge is 0.222 e. The lowest BCUT2D eigenvalue weighted by Crippen LogP contribution is -2.21. The van der Waals surface area contributed by atoms with Crippen LogP contribution < -0.4 is 10.5 Å². The Labute approximate surface area is 171 Å². The molecule has 0 saturated carbocycles. The first-order valence-electron chi connectivity index (χ1n) is 9.19. The van der Waals surface area contributed by atoms with Gasteiger partial charge in [-0.2, -0.15) is 10.4 Å². The van der Waals surface area contributed by atoms with Crippen LogP contribution in [0.3, 0.4) is 0 Å². The predicted molar refractivity (Wildman–Crippen MR) is 107 cm³/mol. The molecule has 0 amide bonds. The molecule has 1 unspecified atom stereocenters. The van der Waals surface area contributed by atoms with Crippen molar-refractivity contribution in [1.82, 2.24) is 29.7 Å². The van der Waals surface area contributed by atoms with Gasteiger partial charge in [0.2, 0.25) is 11.8 Å². The highest BCUT2D eigenvalue weighted by Gasteiger charge is 2.35. The summed E-state index contributed by atoms with van der Waals surface area (Å²) >= 11 is 0. The van der Waals surface area contributed by atoms with Gasteiger partial charge in [0.1, 0.15) is 29.5 Å². The second kappa shape index (κ2) is 6.86. The average Bonchev–Trinajstić information content (AvgIpc) is 3.39. The van der Waals surface area contributed by atoms with Crippen molar-refractivity contribution in [3.8, 4) is 28.9 Å². The molecule has 0 bridgehead atoms. The molecule has 30 heavy (non-hydrogen) atoms. The van der Waals surface area contributed by atoms with Crippen LogP contribution in [0.25, 0.3) is 16.9 Å². The maximum Gasteiger partial charge on any atom is 0.222 e. The van der Waals surface area contributed by atoms with E-state index < -0.39 is 5.92 Å². The summed E-state index contributed by atoms with van der Waals surface area (Å²) in [4.78, 5) is 12.4. The molecule has 4 aromatic rings. The molecule has 9 nitrogen and oxygen atoms in total. The first-order valence-corrected chi connectivity index (χ1v) is 9.19. The Kier molecular flexibility index (Phi) is 4.03. The minimum absolute atomic E-state index is 0.0593. The van der Waals surface area contributed by atoms with E-state index in [0.717, 1.165) is 22.6 Å². The van der Waals surface area contributed by atoms with Crippen molar-refractivity contribution in [2.75, 3.05) is 0 Å². The Morgan fingerprint density at radius 2 is 1.97 bits per heavy atom. The van der Waals surface area contributed by atoms with Crippen LogP contribution >= 0.6 is 0 Å². The fraction of sp³-hybridized carbons (Fsp3) is 0.0952. The van der Waals surface area contributed by atoms with E-state index in [1.54, 1.807) is 18.6 Å². The molecule has 9 heteroatoms. The van der Waals surface area contributed by atoms with Crippen molar-refractivity contribution in [2.45, 2.75) is 12.8 Å². The Morgan fingerprint density at radius 3 is 2.63 bits per heavy atom. The molecule has 0 spiro atoms. The molecule has 5 rings (SSSR count). The molecule has 1 aromatic carbocycles. The number of benzene rings is 1. The molecule has 0 fully saturated rings. The van der Waals surface area contributed by atoms with Gasteiger partial charge in [0, 0.05) is 36.0 Å². The van der Waals surface area contributed by atoms with Crippen LogP contribution in [0.15, 0.2) is 66.8 Å². The molecule has 1 atom stereocenters. The molecular formula is C21H16N8O. The second-order valence-electron chi connectivity index (χ2n) is 6.80. The summed E-state index contributed by atoms with van der Waals surface area (Å²) in [6.07, 6.45) is 8.44.